The summed E-state index contributed by atoms with van der Waals surface area (Å²) in [5.74, 6) is 0.690. The van der Waals surface area contributed by atoms with E-state index in [4.69, 9.17) is 0 Å². The van der Waals surface area contributed by atoms with E-state index in [1.165, 1.54) is 76.7 Å². The average molecular weight is 375 g/mol. The van der Waals surface area contributed by atoms with Gasteiger partial charge in [0, 0.05) is 6.54 Å². The Hall–Kier alpha value is -1.35. The molecule has 0 amide bonds. The number of hydrogen-bond donors (Lipinski definition) is 2. The highest BCUT2D eigenvalue weighted by molar-refractivity contribution is 5.89. The van der Waals surface area contributed by atoms with Gasteiger partial charge in [-0.3, -0.25) is 4.99 Å². The second-order valence-corrected chi connectivity index (χ2v) is 7.60. The Bertz CT molecular complexity index is 453. The van der Waals surface area contributed by atoms with Gasteiger partial charge in [0.2, 0.25) is 0 Å². The molecule has 0 saturated carbocycles. The lowest BCUT2D eigenvalue weighted by atomic mass is 10.1. The molecule has 3 heteroatoms. The largest absolute Gasteiger partial charge is 0.381 e. The number of aliphatic hydroxyl groups excluding tert-OH is 1. The summed E-state index contributed by atoms with van der Waals surface area (Å²) in [4.78, 5) is 4.54. The third-order valence-corrected chi connectivity index (χ3v) is 5.08. The number of unbranched alkanes of at least 4 members (excludes halogenated alkanes) is 9. The first kappa shape index (κ1) is 23.7. The van der Waals surface area contributed by atoms with E-state index in [1.807, 2.05) is 0 Å². The molecule has 0 radical (unpaired) electrons. The molecule has 0 bridgehead atoms. The lowest BCUT2D eigenvalue weighted by Crippen LogP contribution is -2.30. The lowest BCUT2D eigenvalue weighted by molar-refractivity contribution is 0.286. The standard InChI is InChI=1S/C24H42N2O/c1-3-5-6-7-8-9-10-11-12-13-14-15-16-17-18-19-20-22-21-25-24(26-22)23(27)4-2/h4,8-9,11-12,22-23,27H,2-3,5-7,10,13-21H2,1H3,(H,25,26)/b9-8-,12-11-. The van der Waals surface area contributed by atoms with Crippen molar-refractivity contribution < 1.29 is 5.11 Å². The van der Waals surface area contributed by atoms with Crippen LogP contribution in [0, 0.1) is 0 Å². The number of allylic oxidation sites excluding steroid dienone is 4. The van der Waals surface area contributed by atoms with Crippen LogP contribution in [0.25, 0.3) is 0 Å². The van der Waals surface area contributed by atoms with E-state index in [9.17, 15) is 5.11 Å². The molecular formula is C24H42N2O. The Morgan fingerprint density at radius 1 is 1.00 bits per heavy atom. The Morgan fingerprint density at radius 3 is 2.30 bits per heavy atom. The van der Waals surface area contributed by atoms with Gasteiger partial charge in [0.15, 0.2) is 0 Å². The number of amidine groups is 1. The van der Waals surface area contributed by atoms with Crippen LogP contribution < -0.4 is 5.32 Å². The molecule has 0 saturated heterocycles. The fourth-order valence-electron chi connectivity index (χ4n) is 3.34. The quantitative estimate of drug-likeness (QED) is 0.238. The van der Waals surface area contributed by atoms with Crippen molar-refractivity contribution in [2.45, 2.75) is 103 Å². The van der Waals surface area contributed by atoms with Crippen LogP contribution in [0.4, 0.5) is 0 Å². The molecule has 0 aromatic heterocycles. The minimum atomic E-state index is -0.633. The third-order valence-electron chi connectivity index (χ3n) is 5.08. The van der Waals surface area contributed by atoms with Gasteiger partial charge in [-0.15, -0.1) is 6.58 Å². The van der Waals surface area contributed by atoms with E-state index < -0.39 is 6.10 Å². The van der Waals surface area contributed by atoms with E-state index in [2.05, 4.69) is 48.1 Å². The van der Waals surface area contributed by atoms with Crippen molar-refractivity contribution in [3.63, 3.8) is 0 Å². The van der Waals surface area contributed by atoms with Crippen molar-refractivity contribution in [3.05, 3.63) is 37.0 Å². The van der Waals surface area contributed by atoms with Crippen molar-refractivity contribution in [1.29, 1.82) is 0 Å². The molecule has 1 aliphatic heterocycles. The highest BCUT2D eigenvalue weighted by Crippen LogP contribution is 2.13. The average Bonchev–Trinajstić information content (AvgIpc) is 3.16. The van der Waals surface area contributed by atoms with Crippen LogP contribution in [-0.4, -0.2) is 29.6 Å². The van der Waals surface area contributed by atoms with Gasteiger partial charge in [-0.2, -0.15) is 0 Å². The Balaban J connectivity index is 1.86. The maximum Gasteiger partial charge on any atom is 0.130 e. The number of aliphatic imine (C=N–C) groups is 1. The van der Waals surface area contributed by atoms with Crippen molar-refractivity contribution in [1.82, 2.24) is 5.32 Å². The molecule has 27 heavy (non-hydrogen) atoms. The van der Waals surface area contributed by atoms with Crippen molar-refractivity contribution in [3.8, 4) is 0 Å². The maximum atomic E-state index is 9.67. The molecule has 3 nitrogen and oxygen atoms in total. The van der Waals surface area contributed by atoms with E-state index in [0.29, 0.717) is 11.9 Å². The van der Waals surface area contributed by atoms with E-state index in [-0.39, 0.29) is 0 Å². The molecule has 0 aromatic carbocycles. The lowest BCUT2D eigenvalue weighted by Gasteiger charge is -2.05. The van der Waals surface area contributed by atoms with Gasteiger partial charge in [-0.05, 0) is 38.5 Å². The van der Waals surface area contributed by atoms with Crippen molar-refractivity contribution >= 4 is 5.84 Å². The van der Waals surface area contributed by atoms with Gasteiger partial charge >= 0.3 is 0 Å². The number of nitrogens with zero attached hydrogens (tertiary/aromatic N) is 1. The Kier molecular flexibility index (Phi) is 14.7. The highest BCUT2D eigenvalue weighted by atomic mass is 16.3. The van der Waals surface area contributed by atoms with Gasteiger partial charge in [0.05, 0.1) is 6.04 Å². The van der Waals surface area contributed by atoms with E-state index in [0.717, 1.165) is 19.4 Å². The summed E-state index contributed by atoms with van der Waals surface area (Å²) in [5, 5.41) is 12.8. The van der Waals surface area contributed by atoms with E-state index >= 15 is 0 Å². The molecule has 1 aliphatic rings. The van der Waals surface area contributed by atoms with Gasteiger partial charge < -0.3 is 10.4 Å². The molecular weight excluding hydrogens is 332 g/mol. The second-order valence-electron chi connectivity index (χ2n) is 7.60. The van der Waals surface area contributed by atoms with Crippen LogP contribution in [0.2, 0.25) is 0 Å². The molecule has 0 spiro atoms. The van der Waals surface area contributed by atoms with Crippen LogP contribution in [0.1, 0.15) is 90.4 Å². The van der Waals surface area contributed by atoms with Crippen LogP contribution in [-0.2, 0) is 0 Å². The first-order valence-corrected chi connectivity index (χ1v) is 11.2. The van der Waals surface area contributed by atoms with Crippen LogP contribution in [0.5, 0.6) is 0 Å². The van der Waals surface area contributed by atoms with Gasteiger partial charge in [-0.25, -0.2) is 0 Å². The van der Waals surface area contributed by atoms with Gasteiger partial charge in [-0.1, -0.05) is 82.2 Å². The minimum Gasteiger partial charge on any atom is -0.381 e. The maximum absolute atomic E-state index is 9.67. The topological polar surface area (TPSA) is 44.6 Å². The number of rotatable bonds is 17. The first-order chi connectivity index (χ1) is 13.3. The monoisotopic (exact) mass is 374 g/mol. The van der Waals surface area contributed by atoms with E-state index in [1.54, 1.807) is 0 Å². The molecule has 154 valence electrons. The Labute approximate surface area is 167 Å². The minimum absolute atomic E-state index is 0.334. The molecule has 0 aromatic rings. The highest BCUT2D eigenvalue weighted by Gasteiger charge is 2.19. The summed E-state index contributed by atoms with van der Waals surface area (Å²) in [7, 11) is 0. The normalized spacial score (nSPS) is 18.1. The summed E-state index contributed by atoms with van der Waals surface area (Å²) < 4.78 is 0. The molecule has 2 unspecified atom stereocenters. The number of nitrogens with one attached hydrogen (secondary N) is 1. The van der Waals surface area contributed by atoms with Gasteiger partial charge in [0.25, 0.3) is 0 Å². The summed E-state index contributed by atoms with van der Waals surface area (Å²) in [6.45, 7) is 6.71. The predicted octanol–water partition coefficient (Wildman–Crippen LogP) is 6.11. The summed E-state index contributed by atoms with van der Waals surface area (Å²) in [5.41, 5.74) is 0. The van der Waals surface area contributed by atoms with Crippen molar-refractivity contribution in [2.75, 3.05) is 6.54 Å². The number of hydrogen-bond acceptors (Lipinski definition) is 3. The zero-order chi connectivity index (χ0) is 19.6. The molecule has 2 N–H and O–H groups in total. The Morgan fingerprint density at radius 2 is 1.63 bits per heavy atom. The van der Waals surface area contributed by atoms with Crippen LogP contribution >= 0.6 is 0 Å². The molecule has 2 atom stereocenters. The summed E-state index contributed by atoms with van der Waals surface area (Å²) in [6, 6.07) is 0.334. The fourth-order valence-corrected chi connectivity index (χ4v) is 3.34. The van der Waals surface area contributed by atoms with Crippen LogP contribution in [0.3, 0.4) is 0 Å². The summed E-state index contributed by atoms with van der Waals surface area (Å²) >= 11 is 0. The number of aliphatic hydroxyl groups is 1. The van der Waals surface area contributed by atoms with Crippen molar-refractivity contribution in [2.24, 2.45) is 4.99 Å². The first-order valence-electron chi connectivity index (χ1n) is 11.2. The molecule has 1 heterocycles. The fraction of sp³-hybridized carbons (Fsp3) is 0.708. The van der Waals surface area contributed by atoms with Gasteiger partial charge in [0.1, 0.15) is 11.9 Å². The van der Waals surface area contributed by atoms with Crippen LogP contribution in [0.15, 0.2) is 42.0 Å². The second kappa shape index (κ2) is 16.8. The summed E-state index contributed by atoms with van der Waals surface area (Å²) in [6.07, 6.45) is 26.7. The SMILES string of the molecule is C=CC(O)C1=NC(CCCCCCCC/C=C\C/C=C\CCCCC)CN1. The molecule has 0 aliphatic carbocycles. The zero-order valence-electron chi connectivity index (χ0n) is 17.5. The third kappa shape index (κ3) is 12.6. The zero-order valence-corrected chi connectivity index (χ0v) is 17.5. The molecule has 1 rings (SSSR count). The predicted molar refractivity (Wildman–Crippen MR) is 119 cm³/mol. The smallest absolute Gasteiger partial charge is 0.130 e. The molecule has 0 fully saturated rings.